The molecule has 8 nitrogen and oxygen atoms in total. The monoisotopic (exact) mass is 840 g/mol. The van der Waals surface area contributed by atoms with E-state index < -0.39 is 7.60 Å². The van der Waals surface area contributed by atoms with Crippen LogP contribution in [0.1, 0.15) is 52.0 Å². The largest absolute Gasteiger partial charge is 0.507 e. The summed E-state index contributed by atoms with van der Waals surface area (Å²) in [5.74, 6) is 0.327. The van der Waals surface area contributed by atoms with Crippen molar-refractivity contribution in [2.45, 2.75) is 33.9 Å². The van der Waals surface area contributed by atoms with E-state index in [1.807, 2.05) is 68.5 Å². The fourth-order valence-electron chi connectivity index (χ4n) is 5.95. The van der Waals surface area contributed by atoms with Gasteiger partial charge >= 0.3 is 7.60 Å². The third kappa shape index (κ3) is 11.7. The Kier molecular flexibility index (Phi) is 14.7. The summed E-state index contributed by atoms with van der Waals surface area (Å²) in [6.07, 6.45) is 4.83. The molecule has 8 rings (SSSR count). The molecule has 0 spiro atoms. The number of nitrogens with zero attached hydrogens (tertiary/aromatic N) is 2. The quantitative estimate of drug-likeness (QED) is 0.0751. The Labute approximate surface area is 352 Å². The lowest BCUT2D eigenvalue weighted by Gasteiger charge is -2.17. The minimum atomic E-state index is -3.07. The van der Waals surface area contributed by atoms with E-state index in [2.05, 4.69) is 74.5 Å². The van der Waals surface area contributed by atoms with Crippen LogP contribution in [0, 0.1) is 13.8 Å². The first-order valence-electron chi connectivity index (χ1n) is 19.1. The fourth-order valence-corrected chi connectivity index (χ4v) is 9.79. The SMILES string of the molecule is CCOP(=O)(Cc1ccc(-c2nc3ccc(C)cc3s2)cc1)OCC.Cc1ccc2nc(-c3ccc(/C=C/c4ccccc4O)cc3)sc2c1.O=Cc1ccccc1O. The lowest BCUT2D eigenvalue weighted by Crippen LogP contribution is -1.99. The van der Waals surface area contributed by atoms with Crippen LogP contribution >= 0.6 is 30.3 Å². The van der Waals surface area contributed by atoms with Gasteiger partial charge in [-0.2, -0.15) is 0 Å². The van der Waals surface area contributed by atoms with E-state index in [1.54, 1.807) is 46.9 Å². The molecule has 0 saturated heterocycles. The first-order chi connectivity index (χ1) is 28.6. The topological polar surface area (TPSA) is 119 Å². The highest BCUT2D eigenvalue weighted by Crippen LogP contribution is 2.51. The van der Waals surface area contributed by atoms with Crippen molar-refractivity contribution in [3.05, 3.63) is 167 Å². The zero-order chi connectivity index (χ0) is 41.8. The van der Waals surface area contributed by atoms with Gasteiger partial charge in [0, 0.05) is 16.7 Å². The third-order valence-electron chi connectivity index (χ3n) is 8.93. The zero-order valence-corrected chi connectivity index (χ0v) is 35.8. The number of thiazole rings is 2. The number of aromatic hydroxyl groups is 2. The second-order valence-corrected chi connectivity index (χ2v) is 17.6. The van der Waals surface area contributed by atoms with Crippen molar-refractivity contribution in [1.82, 2.24) is 9.97 Å². The number of aryl methyl sites for hydroxylation is 2. The number of phenolic OH excluding ortho intramolecular Hbond substituents is 2. The maximum atomic E-state index is 12.6. The van der Waals surface area contributed by atoms with Gasteiger partial charge in [0.05, 0.1) is 45.4 Å². The van der Waals surface area contributed by atoms with Gasteiger partial charge in [-0.3, -0.25) is 9.36 Å². The summed E-state index contributed by atoms with van der Waals surface area (Å²) >= 11 is 3.40. The van der Waals surface area contributed by atoms with E-state index in [0.29, 0.717) is 30.8 Å². The van der Waals surface area contributed by atoms with E-state index in [0.717, 1.165) is 48.9 Å². The maximum Gasteiger partial charge on any atom is 0.335 e. The van der Waals surface area contributed by atoms with Crippen molar-refractivity contribution in [1.29, 1.82) is 0 Å². The maximum absolute atomic E-state index is 12.6. The van der Waals surface area contributed by atoms with Crippen LogP contribution in [0.5, 0.6) is 11.5 Å². The number of carbonyl (C=O) groups is 1. The van der Waals surface area contributed by atoms with Crippen molar-refractivity contribution in [2.75, 3.05) is 13.2 Å². The molecule has 0 bridgehead atoms. The number of hydrogen-bond donors (Lipinski definition) is 2. The standard InChI is InChI=1S/C22H17NOS.C19H22NO3PS.C7H6O2/c1-15-6-13-19-21(14-15)25-22(23-19)18-11-8-16(9-12-18)7-10-17-4-2-3-5-20(17)24;1-4-22-24(21,23-5-2)13-15-7-9-16(10-8-15)19-20-17-11-6-14(3)12-18(17)25-19;8-5-6-3-1-2-4-7(6)9/h2-14,24H,1H3;6-12H,4-5,13H2,1-3H3;1-5,9H/b10-7+;;. The molecular weight excluding hydrogens is 796 g/mol. The third-order valence-corrected chi connectivity index (χ3v) is 13.1. The Morgan fingerprint density at radius 1 is 0.610 bits per heavy atom. The molecule has 2 aromatic heterocycles. The number of carbonyl (C=O) groups excluding carboxylic acids is 1. The Morgan fingerprint density at radius 3 is 1.54 bits per heavy atom. The minimum absolute atomic E-state index is 0.0347. The summed E-state index contributed by atoms with van der Waals surface area (Å²) in [4.78, 5) is 19.5. The summed E-state index contributed by atoms with van der Waals surface area (Å²) in [5, 5.41) is 20.7. The van der Waals surface area contributed by atoms with Crippen molar-refractivity contribution in [3.8, 4) is 32.6 Å². The molecule has 0 unspecified atom stereocenters. The van der Waals surface area contributed by atoms with Crippen molar-refractivity contribution in [2.24, 2.45) is 0 Å². The van der Waals surface area contributed by atoms with Gasteiger partial charge < -0.3 is 19.3 Å². The van der Waals surface area contributed by atoms with E-state index in [9.17, 15) is 14.5 Å². The van der Waals surface area contributed by atoms with E-state index in [-0.39, 0.29) is 11.9 Å². The van der Waals surface area contributed by atoms with Gasteiger partial charge in [-0.25, -0.2) is 9.97 Å². The fraction of sp³-hybridized carbons (Fsp3) is 0.146. The summed E-state index contributed by atoms with van der Waals surface area (Å²) in [6.45, 7) is 8.58. The summed E-state index contributed by atoms with van der Waals surface area (Å²) in [5.41, 5.74) is 9.92. The normalized spacial score (nSPS) is 11.3. The Balaban J connectivity index is 0.000000164. The van der Waals surface area contributed by atoms with Crippen molar-refractivity contribution >= 4 is 69.1 Å². The second kappa shape index (κ2) is 20.3. The Hall–Kier alpha value is -5.74. The molecule has 0 radical (unpaired) electrons. The number of benzene rings is 6. The average Bonchev–Trinajstić information content (AvgIpc) is 3.86. The van der Waals surface area contributed by atoms with Gasteiger partial charge in [-0.05, 0) is 92.4 Å². The summed E-state index contributed by atoms with van der Waals surface area (Å²) < 4.78 is 25.8. The first kappa shape index (κ1) is 42.9. The lowest BCUT2D eigenvalue weighted by molar-refractivity contribution is 0.112. The molecule has 0 aliphatic rings. The molecule has 300 valence electrons. The smallest absolute Gasteiger partial charge is 0.335 e. The average molecular weight is 841 g/mol. The lowest BCUT2D eigenvalue weighted by atomic mass is 10.1. The highest BCUT2D eigenvalue weighted by Gasteiger charge is 2.24. The molecule has 8 aromatic rings. The number of phenols is 2. The predicted octanol–water partition coefficient (Wildman–Crippen LogP) is 13.4. The molecule has 0 saturated carbocycles. The Morgan fingerprint density at radius 2 is 1.08 bits per heavy atom. The van der Waals surface area contributed by atoms with Crippen molar-refractivity contribution < 1.29 is 28.6 Å². The number of para-hydroxylation sites is 2. The second-order valence-electron chi connectivity index (χ2n) is 13.5. The molecule has 11 heteroatoms. The summed E-state index contributed by atoms with van der Waals surface area (Å²) in [7, 11) is -3.07. The van der Waals surface area contributed by atoms with Crippen LogP contribution in [0.4, 0.5) is 0 Å². The van der Waals surface area contributed by atoms with Crippen molar-refractivity contribution in [3.63, 3.8) is 0 Å². The molecule has 0 atom stereocenters. The van der Waals surface area contributed by atoms with Gasteiger partial charge in [-0.15, -0.1) is 22.7 Å². The molecular formula is C48H45N2O6PS2. The molecule has 2 N–H and O–H groups in total. The summed E-state index contributed by atoms with van der Waals surface area (Å²) in [6, 6.07) is 42.7. The highest BCUT2D eigenvalue weighted by atomic mass is 32.1. The van der Waals surface area contributed by atoms with Gasteiger partial charge in [0.15, 0.2) is 6.29 Å². The van der Waals surface area contributed by atoms with Gasteiger partial charge in [0.1, 0.15) is 21.5 Å². The number of aromatic nitrogens is 2. The van der Waals surface area contributed by atoms with Gasteiger partial charge in [0.25, 0.3) is 0 Å². The van der Waals surface area contributed by atoms with Crippen LogP contribution in [-0.4, -0.2) is 39.7 Å². The minimum Gasteiger partial charge on any atom is -0.507 e. The molecule has 0 amide bonds. The molecule has 0 fully saturated rings. The van der Waals surface area contributed by atoms with E-state index in [4.69, 9.17) is 24.1 Å². The number of hydrogen-bond acceptors (Lipinski definition) is 10. The van der Waals surface area contributed by atoms with Crippen LogP contribution in [0.15, 0.2) is 133 Å². The Bertz CT molecular complexity index is 2710. The molecule has 59 heavy (non-hydrogen) atoms. The van der Waals surface area contributed by atoms with Gasteiger partial charge in [0.2, 0.25) is 0 Å². The zero-order valence-electron chi connectivity index (χ0n) is 33.2. The number of fused-ring (bicyclic) bond motifs is 2. The molecule has 0 aliphatic carbocycles. The predicted molar refractivity (Wildman–Crippen MR) is 245 cm³/mol. The highest BCUT2D eigenvalue weighted by molar-refractivity contribution is 7.53. The number of aldehydes is 1. The molecule has 6 aromatic carbocycles. The van der Waals surface area contributed by atoms with Crippen LogP contribution in [-0.2, 0) is 19.8 Å². The van der Waals surface area contributed by atoms with E-state index >= 15 is 0 Å². The van der Waals surface area contributed by atoms with E-state index in [1.165, 1.54) is 26.6 Å². The van der Waals surface area contributed by atoms with Crippen LogP contribution in [0.2, 0.25) is 0 Å². The van der Waals surface area contributed by atoms with Crippen LogP contribution in [0.25, 0.3) is 53.7 Å². The number of rotatable bonds is 11. The molecule has 0 aliphatic heterocycles. The molecule has 2 heterocycles. The van der Waals surface area contributed by atoms with Crippen LogP contribution < -0.4 is 0 Å². The first-order valence-corrected chi connectivity index (χ1v) is 22.4. The van der Waals surface area contributed by atoms with Crippen LogP contribution in [0.3, 0.4) is 0 Å². The van der Waals surface area contributed by atoms with Gasteiger partial charge in [-0.1, -0.05) is 103 Å².